The van der Waals surface area contributed by atoms with Crippen molar-refractivity contribution in [2.75, 3.05) is 20.0 Å². The number of ether oxygens (including phenoxy) is 1. The number of aliphatic hydroxyl groups is 1. The third-order valence-corrected chi connectivity index (χ3v) is 7.23. The van der Waals surface area contributed by atoms with E-state index in [0.717, 1.165) is 10.6 Å². The van der Waals surface area contributed by atoms with Crippen LogP contribution in [-0.2, 0) is 26.1 Å². The number of sulfonamides is 1. The molecule has 10 heteroatoms. The minimum Gasteiger partial charge on any atom is -0.468 e. The molecule has 0 saturated carbocycles. The molecule has 0 aliphatic carbocycles. The number of esters is 1. The zero-order valence-electron chi connectivity index (χ0n) is 16.4. The molecular formula is C20H21FN2O6S. The Balaban J connectivity index is 1.85. The standard InChI is InChI=1S/C20H21FN2O6S/c1-29-20(26)18-15(10-24)14-9-22-16(17(14)23(18)30(2,27)28)8-7-13(19(22)25)11-3-5-12(21)6-4-11/h3-8,14-15,17-18,24H,9-10H2,1-2H3/t14-,15-,17+,18-/m0/s1. The summed E-state index contributed by atoms with van der Waals surface area (Å²) in [7, 11) is -2.70. The minimum absolute atomic E-state index is 0.151. The van der Waals surface area contributed by atoms with Gasteiger partial charge in [-0.1, -0.05) is 12.1 Å². The molecule has 8 nitrogen and oxygen atoms in total. The Morgan fingerprint density at radius 3 is 2.47 bits per heavy atom. The quantitative estimate of drug-likeness (QED) is 0.709. The summed E-state index contributed by atoms with van der Waals surface area (Å²) in [4.78, 5) is 25.5. The number of benzene rings is 1. The van der Waals surface area contributed by atoms with Crippen LogP contribution in [0.2, 0.25) is 0 Å². The van der Waals surface area contributed by atoms with E-state index in [2.05, 4.69) is 0 Å². The van der Waals surface area contributed by atoms with Crippen molar-refractivity contribution in [3.63, 3.8) is 0 Å². The SMILES string of the molecule is COC(=O)[C@@H]1[C@@H](CO)[C@@H]2Cn3c(ccc(-c4ccc(F)cc4)c3=O)[C@@H]2N1S(C)(=O)=O. The van der Waals surface area contributed by atoms with E-state index in [1.807, 2.05) is 0 Å². The molecule has 0 unspecified atom stereocenters. The Morgan fingerprint density at radius 2 is 1.90 bits per heavy atom. The largest absolute Gasteiger partial charge is 0.468 e. The van der Waals surface area contributed by atoms with Gasteiger partial charge in [0.05, 0.1) is 19.4 Å². The van der Waals surface area contributed by atoms with Crippen molar-refractivity contribution in [1.82, 2.24) is 8.87 Å². The van der Waals surface area contributed by atoms with Crippen molar-refractivity contribution in [1.29, 1.82) is 0 Å². The fourth-order valence-corrected chi connectivity index (χ4v) is 6.08. The summed E-state index contributed by atoms with van der Waals surface area (Å²) in [6.07, 6.45) is 0.993. The summed E-state index contributed by atoms with van der Waals surface area (Å²) in [5.74, 6) is -2.35. The van der Waals surface area contributed by atoms with Gasteiger partial charge < -0.3 is 14.4 Å². The van der Waals surface area contributed by atoms with Crippen LogP contribution in [0.5, 0.6) is 0 Å². The van der Waals surface area contributed by atoms with Crippen LogP contribution in [0.3, 0.4) is 0 Å². The number of hydrogen-bond donors (Lipinski definition) is 1. The topological polar surface area (TPSA) is 106 Å². The predicted octanol–water partition coefficient (Wildman–Crippen LogP) is 0.751. The lowest BCUT2D eigenvalue weighted by Crippen LogP contribution is -2.46. The summed E-state index contributed by atoms with van der Waals surface area (Å²) in [5.41, 5.74) is 1.01. The first-order valence-electron chi connectivity index (χ1n) is 9.36. The van der Waals surface area contributed by atoms with Gasteiger partial charge in [0.15, 0.2) is 0 Å². The number of carbonyl (C=O) groups excluding carboxylic acids is 1. The maximum absolute atomic E-state index is 13.2. The number of nitrogens with zero attached hydrogens (tertiary/aromatic N) is 2. The van der Waals surface area contributed by atoms with E-state index in [0.29, 0.717) is 16.8 Å². The summed E-state index contributed by atoms with van der Waals surface area (Å²) in [5, 5.41) is 9.97. The van der Waals surface area contributed by atoms with Gasteiger partial charge in [-0.3, -0.25) is 9.59 Å². The van der Waals surface area contributed by atoms with Crippen molar-refractivity contribution in [2.45, 2.75) is 18.6 Å². The highest BCUT2D eigenvalue weighted by Crippen LogP contribution is 2.50. The molecule has 4 atom stereocenters. The smallest absolute Gasteiger partial charge is 0.324 e. The Kier molecular flexibility index (Phi) is 5.03. The van der Waals surface area contributed by atoms with Gasteiger partial charge in [0.2, 0.25) is 10.0 Å². The molecule has 1 fully saturated rings. The number of methoxy groups -OCH3 is 1. The first-order chi connectivity index (χ1) is 14.2. The number of aliphatic hydroxyl groups excluding tert-OH is 1. The summed E-state index contributed by atoms with van der Waals surface area (Å²) in [6, 6.07) is 6.82. The molecule has 3 heterocycles. The average molecular weight is 436 g/mol. The normalized spacial score (nSPS) is 25.7. The molecule has 1 aromatic heterocycles. The van der Waals surface area contributed by atoms with Crippen molar-refractivity contribution in [2.24, 2.45) is 11.8 Å². The number of rotatable bonds is 4. The molecule has 4 rings (SSSR count). The highest BCUT2D eigenvalue weighted by Gasteiger charge is 2.59. The van der Waals surface area contributed by atoms with Gasteiger partial charge in [-0.15, -0.1) is 0 Å². The first kappa shape index (κ1) is 20.7. The van der Waals surface area contributed by atoms with Crippen LogP contribution >= 0.6 is 0 Å². The Hall–Kier alpha value is -2.56. The number of halogens is 1. The Labute approximate surface area is 172 Å². The van der Waals surface area contributed by atoms with Crippen LogP contribution in [0.4, 0.5) is 4.39 Å². The van der Waals surface area contributed by atoms with E-state index in [9.17, 15) is 27.5 Å². The van der Waals surface area contributed by atoms with Gasteiger partial charge in [-0.25, -0.2) is 12.8 Å². The minimum atomic E-state index is -3.86. The molecular weight excluding hydrogens is 415 g/mol. The number of carbonyl (C=O) groups is 1. The lowest BCUT2D eigenvalue weighted by Gasteiger charge is -2.27. The van der Waals surface area contributed by atoms with Gasteiger partial charge in [-0.05, 0) is 29.8 Å². The third kappa shape index (κ3) is 3.06. The highest BCUT2D eigenvalue weighted by atomic mass is 32.2. The molecule has 2 aliphatic rings. The maximum atomic E-state index is 13.2. The predicted molar refractivity (Wildman–Crippen MR) is 105 cm³/mol. The van der Waals surface area contributed by atoms with E-state index in [1.165, 1.54) is 35.9 Å². The molecule has 30 heavy (non-hydrogen) atoms. The molecule has 2 aliphatic heterocycles. The molecule has 0 radical (unpaired) electrons. The molecule has 0 amide bonds. The third-order valence-electron chi connectivity index (χ3n) is 6.01. The van der Waals surface area contributed by atoms with Gasteiger partial charge in [-0.2, -0.15) is 4.31 Å². The van der Waals surface area contributed by atoms with Gasteiger partial charge in [0.25, 0.3) is 5.56 Å². The van der Waals surface area contributed by atoms with E-state index in [-0.39, 0.29) is 12.1 Å². The van der Waals surface area contributed by atoms with E-state index in [4.69, 9.17) is 4.74 Å². The molecule has 2 aromatic rings. The van der Waals surface area contributed by atoms with Crippen LogP contribution in [0.1, 0.15) is 11.7 Å². The Morgan fingerprint density at radius 1 is 1.23 bits per heavy atom. The fraction of sp³-hybridized carbons (Fsp3) is 0.400. The Bertz CT molecular complexity index is 1160. The molecule has 0 spiro atoms. The van der Waals surface area contributed by atoms with Crippen molar-refractivity contribution in [3.8, 4) is 11.1 Å². The summed E-state index contributed by atoms with van der Waals surface area (Å²) < 4.78 is 45.8. The number of fused-ring (bicyclic) bond motifs is 3. The van der Waals surface area contributed by atoms with Crippen molar-refractivity contribution in [3.05, 3.63) is 58.3 Å². The zero-order valence-corrected chi connectivity index (χ0v) is 17.2. The zero-order chi connectivity index (χ0) is 21.8. The van der Waals surface area contributed by atoms with E-state index >= 15 is 0 Å². The summed E-state index contributed by atoms with van der Waals surface area (Å²) >= 11 is 0. The van der Waals surface area contributed by atoms with Crippen LogP contribution < -0.4 is 5.56 Å². The van der Waals surface area contributed by atoms with E-state index in [1.54, 1.807) is 12.1 Å². The van der Waals surface area contributed by atoms with E-state index < -0.39 is 52.3 Å². The second-order valence-corrected chi connectivity index (χ2v) is 9.50. The average Bonchev–Trinajstić information content (AvgIpc) is 3.23. The first-order valence-corrected chi connectivity index (χ1v) is 11.2. The molecule has 1 aromatic carbocycles. The van der Waals surface area contributed by atoms with Crippen molar-refractivity contribution < 1.29 is 27.4 Å². The fourth-order valence-electron chi connectivity index (χ4n) is 4.75. The second-order valence-electron chi connectivity index (χ2n) is 7.61. The molecule has 1 saturated heterocycles. The highest BCUT2D eigenvalue weighted by molar-refractivity contribution is 7.88. The second kappa shape index (κ2) is 7.29. The van der Waals surface area contributed by atoms with Crippen LogP contribution in [-0.4, -0.2) is 54.4 Å². The van der Waals surface area contributed by atoms with Crippen molar-refractivity contribution >= 4 is 16.0 Å². The maximum Gasteiger partial charge on any atom is 0.324 e. The monoisotopic (exact) mass is 436 g/mol. The van der Waals surface area contributed by atoms with Gasteiger partial charge in [0, 0.05) is 36.2 Å². The lowest BCUT2D eigenvalue weighted by molar-refractivity contribution is -0.146. The van der Waals surface area contributed by atoms with Crippen LogP contribution in [0.25, 0.3) is 11.1 Å². The van der Waals surface area contributed by atoms with Crippen LogP contribution in [0.15, 0.2) is 41.2 Å². The number of pyridine rings is 1. The van der Waals surface area contributed by atoms with Gasteiger partial charge >= 0.3 is 5.97 Å². The van der Waals surface area contributed by atoms with Gasteiger partial charge in [0.1, 0.15) is 11.9 Å². The number of hydrogen-bond acceptors (Lipinski definition) is 6. The number of aromatic nitrogens is 1. The lowest BCUT2D eigenvalue weighted by atomic mass is 9.88. The molecule has 1 N–H and O–H groups in total. The molecule has 0 bridgehead atoms. The van der Waals surface area contributed by atoms with Crippen LogP contribution in [0, 0.1) is 17.7 Å². The molecule has 160 valence electrons. The summed E-state index contributed by atoms with van der Waals surface area (Å²) in [6.45, 7) is -0.279.